The summed E-state index contributed by atoms with van der Waals surface area (Å²) in [6.07, 6.45) is 0.756. The van der Waals surface area contributed by atoms with Crippen molar-refractivity contribution in [2.45, 2.75) is 20.3 Å². The van der Waals surface area contributed by atoms with Gasteiger partial charge in [0.25, 0.3) is 0 Å². The van der Waals surface area contributed by atoms with Crippen molar-refractivity contribution < 1.29 is 14.6 Å². The summed E-state index contributed by atoms with van der Waals surface area (Å²) in [5.74, 6) is 0.159. The predicted octanol–water partition coefficient (Wildman–Crippen LogP) is 1.88. The van der Waals surface area contributed by atoms with Gasteiger partial charge in [-0.25, -0.2) is 0 Å². The van der Waals surface area contributed by atoms with Gasteiger partial charge in [0.05, 0.1) is 0 Å². The van der Waals surface area contributed by atoms with Crippen LogP contribution in [0.3, 0.4) is 0 Å². The first-order chi connectivity index (χ1) is 6.13. The van der Waals surface area contributed by atoms with Crippen LogP contribution >= 0.6 is 0 Å². The number of phenolic OH excluding ortho intramolecular Hbond substituents is 1. The van der Waals surface area contributed by atoms with Crippen molar-refractivity contribution in [3.63, 3.8) is 0 Å². The molecule has 0 spiro atoms. The standard InChI is InChI=1S/C10H12O3/c1-3-8-4-5-9(6-10(8)12)13-7(2)11/h4-6,12H,3H2,1-2H3. The number of aromatic hydroxyl groups is 1. The summed E-state index contributed by atoms with van der Waals surface area (Å²) in [5.41, 5.74) is 0.843. The highest BCUT2D eigenvalue weighted by molar-refractivity contribution is 5.69. The van der Waals surface area contributed by atoms with E-state index in [-0.39, 0.29) is 11.7 Å². The zero-order chi connectivity index (χ0) is 9.84. The minimum atomic E-state index is -0.386. The summed E-state index contributed by atoms with van der Waals surface area (Å²) in [7, 11) is 0. The average molecular weight is 180 g/mol. The molecule has 0 aliphatic carbocycles. The van der Waals surface area contributed by atoms with Crippen LogP contribution in [0.15, 0.2) is 18.2 Å². The predicted molar refractivity (Wildman–Crippen MR) is 48.8 cm³/mol. The number of phenols is 1. The third kappa shape index (κ3) is 2.47. The topological polar surface area (TPSA) is 46.5 Å². The van der Waals surface area contributed by atoms with Gasteiger partial charge in [-0.05, 0) is 18.1 Å². The van der Waals surface area contributed by atoms with E-state index >= 15 is 0 Å². The molecule has 0 heterocycles. The summed E-state index contributed by atoms with van der Waals surface area (Å²) in [6.45, 7) is 3.27. The molecule has 1 aromatic rings. The van der Waals surface area contributed by atoms with Gasteiger partial charge in [0.2, 0.25) is 0 Å². The highest BCUT2D eigenvalue weighted by Gasteiger charge is 2.02. The number of aryl methyl sites for hydroxylation is 1. The molecular formula is C10H12O3. The zero-order valence-electron chi connectivity index (χ0n) is 7.70. The molecule has 0 radical (unpaired) electrons. The lowest BCUT2D eigenvalue weighted by atomic mass is 10.1. The Hall–Kier alpha value is -1.51. The van der Waals surface area contributed by atoms with Crippen LogP contribution in [-0.2, 0) is 11.2 Å². The van der Waals surface area contributed by atoms with Crippen LogP contribution in [0.2, 0.25) is 0 Å². The lowest BCUT2D eigenvalue weighted by molar-refractivity contribution is -0.131. The van der Waals surface area contributed by atoms with Gasteiger partial charge in [-0.2, -0.15) is 0 Å². The maximum absolute atomic E-state index is 10.6. The second kappa shape index (κ2) is 3.94. The number of hydrogen-bond donors (Lipinski definition) is 1. The normalized spacial score (nSPS) is 9.69. The fourth-order valence-corrected chi connectivity index (χ4v) is 1.07. The first kappa shape index (κ1) is 9.58. The van der Waals surface area contributed by atoms with Crippen molar-refractivity contribution in [3.8, 4) is 11.5 Å². The Balaban J connectivity index is 2.89. The van der Waals surface area contributed by atoms with E-state index in [1.165, 1.54) is 13.0 Å². The number of carbonyl (C=O) groups is 1. The minimum Gasteiger partial charge on any atom is -0.508 e. The molecule has 0 atom stereocenters. The average Bonchev–Trinajstić information content (AvgIpc) is 2.03. The summed E-state index contributed by atoms with van der Waals surface area (Å²) < 4.78 is 4.80. The van der Waals surface area contributed by atoms with Crippen LogP contribution in [0, 0.1) is 0 Å². The Bertz CT molecular complexity index is 318. The van der Waals surface area contributed by atoms with Crippen molar-refractivity contribution >= 4 is 5.97 Å². The molecule has 3 nitrogen and oxygen atoms in total. The summed E-state index contributed by atoms with van der Waals surface area (Å²) >= 11 is 0. The van der Waals surface area contributed by atoms with Crippen molar-refractivity contribution in [1.29, 1.82) is 0 Å². The quantitative estimate of drug-likeness (QED) is 0.558. The molecule has 0 amide bonds. The Morgan fingerprint density at radius 3 is 2.69 bits per heavy atom. The van der Waals surface area contributed by atoms with Crippen LogP contribution in [0.4, 0.5) is 0 Å². The molecule has 0 aliphatic rings. The second-order valence-electron chi connectivity index (χ2n) is 2.74. The zero-order valence-corrected chi connectivity index (χ0v) is 7.70. The van der Waals surface area contributed by atoms with Crippen LogP contribution in [-0.4, -0.2) is 11.1 Å². The molecule has 1 aromatic carbocycles. The number of esters is 1. The van der Waals surface area contributed by atoms with Gasteiger partial charge in [0.15, 0.2) is 0 Å². The van der Waals surface area contributed by atoms with E-state index in [0.29, 0.717) is 5.75 Å². The fourth-order valence-electron chi connectivity index (χ4n) is 1.07. The maximum Gasteiger partial charge on any atom is 0.308 e. The molecule has 70 valence electrons. The van der Waals surface area contributed by atoms with Crippen molar-refractivity contribution in [1.82, 2.24) is 0 Å². The Kier molecular flexibility index (Phi) is 2.90. The second-order valence-corrected chi connectivity index (χ2v) is 2.74. The maximum atomic E-state index is 10.6. The van der Waals surface area contributed by atoms with E-state index in [2.05, 4.69) is 0 Å². The number of ether oxygens (including phenoxy) is 1. The van der Waals surface area contributed by atoms with Gasteiger partial charge >= 0.3 is 5.97 Å². The van der Waals surface area contributed by atoms with Gasteiger partial charge in [0.1, 0.15) is 11.5 Å². The Morgan fingerprint density at radius 2 is 2.23 bits per heavy atom. The molecule has 0 aromatic heterocycles. The molecule has 0 saturated heterocycles. The van der Waals surface area contributed by atoms with Crippen molar-refractivity contribution in [2.24, 2.45) is 0 Å². The molecule has 0 aliphatic heterocycles. The molecule has 0 saturated carbocycles. The SMILES string of the molecule is CCc1ccc(OC(C)=O)cc1O. The fraction of sp³-hybridized carbons (Fsp3) is 0.300. The van der Waals surface area contributed by atoms with E-state index in [1.54, 1.807) is 12.1 Å². The third-order valence-electron chi connectivity index (χ3n) is 1.70. The molecular weight excluding hydrogens is 168 g/mol. The van der Waals surface area contributed by atoms with Crippen molar-refractivity contribution in [2.75, 3.05) is 0 Å². The summed E-state index contributed by atoms with van der Waals surface area (Å²) in [4.78, 5) is 10.6. The Labute approximate surface area is 77.0 Å². The number of hydrogen-bond acceptors (Lipinski definition) is 3. The van der Waals surface area contributed by atoms with E-state index in [0.717, 1.165) is 12.0 Å². The largest absolute Gasteiger partial charge is 0.508 e. The lowest BCUT2D eigenvalue weighted by Crippen LogP contribution is -2.01. The van der Waals surface area contributed by atoms with E-state index in [1.807, 2.05) is 6.92 Å². The van der Waals surface area contributed by atoms with Crippen LogP contribution in [0.25, 0.3) is 0 Å². The smallest absolute Gasteiger partial charge is 0.308 e. The van der Waals surface area contributed by atoms with Crippen molar-refractivity contribution in [3.05, 3.63) is 23.8 Å². The van der Waals surface area contributed by atoms with Gasteiger partial charge < -0.3 is 9.84 Å². The molecule has 13 heavy (non-hydrogen) atoms. The van der Waals surface area contributed by atoms with E-state index in [4.69, 9.17) is 4.74 Å². The van der Waals surface area contributed by atoms with Gasteiger partial charge in [-0.1, -0.05) is 13.0 Å². The van der Waals surface area contributed by atoms with Crippen LogP contribution in [0.5, 0.6) is 11.5 Å². The van der Waals surface area contributed by atoms with Gasteiger partial charge in [-0.15, -0.1) is 0 Å². The van der Waals surface area contributed by atoms with Gasteiger partial charge in [-0.3, -0.25) is 4.79 Å². The van der Waals surface area contributed by atoms with E-state index < -0.39 is 0 Å². The number of carbonyl (C=O) groups excluding carboxylic acids is 1. The number of rotatable bonds is 2. The Morgan fingerprint density at radius 1 is 1.54 bits per heavy atom. The molecule has 1 rings (SSSR count). The first-order valence-electron chi connectivity index (χ1n) is 4.13. The minimum absolute atomic E-state index is 0.168. The van der Waals surface area contributed by atoms with E-state index in [9.17, 15) is 9.90 Å². The third-order valence-corrected chi connectivity index (χ3v) is 1.70. The van der Waals surface area contributed by atoms with Crippen LogP contribution in [0.1, 0.15) is 19.4 Å². The molecule has 1 N–H and O–H groups in total. The summed E-state index contributed by atoms with van der Waals surface area (Å²) in [5, 5.41) is 9.41. The lowest BCUT2D eigenvalue weighted by Gasteiger charge is -2.04. The molecule has 0 bridgehead atoms. The molecule has 3 heteroatoms. The van der Waals surface area contributed by atoms with Crippen LogP contribution < -0.4 is 4.74 Å². The highest BCUT2D eigenvalue weighted by Crippen LogP contribution is 2.23. The molecule has 0 fully saturated rings. The highest BCUT2D eigenvalue weighted by atomic mass is 16.5. The number of benzene rings is 1. The summed E-state index contributed by atoms with van der Waals surface area (Å²) in [6, 6.07) is 4.85. The molecule has 0 unspecified atom stereocenters. The van der Waals surface area contributed by atoms with Gasteiger partial charge in [0, 0.05) is 13.0 Å². The first-order valence-corrected chi connectivity index (χ1v) is 4.13. The monoisotopic (exact) mass is 180 g/mol.